The molecule has 1 aliphatic heterocycles. The van der Waals surface area contributed by atoms with Crippen LogP contribution in [0.25, 0.3) is 0 Å². The highest BCUT2D eigenvalue weighted by Crippen LogP contribution is 2.02. The molecule has 0 bridgehead atoms. The van der Waals surface area contributed by atoms with E-state index in [4.69, 9.17) is 48.9 Å². The molecule has 0 radical (unpaired) electrons. The third kappa shape index (κ3) is 6.08. The van der Waals surface area contributed by atoms with E-state index in [2.05, 4.69) is 51.2 Å². The number of hydrazine groups is 2. The maximum absolute atomic E-state index is 4.79. The number of nitrogens with one attached hydrogen (secondary N) is 5. The second-order valence-electron chi connectivity index (χ2n) is 2.79. The zero-order valence-corrected chi connectivity index (χ0v) is 13.6. The molecule has 5 N–H and O–H groups in total. The van der Waals surface area contributed by atoms with Gasteiger partial charge < -0.3 is 15.0 Å². The molecule has 1 aromatic rings. The number of hydrogen-bond acceptors (Lipinski definition) is 8. The summed E-state index contributed by atoms with van der Waals surface area (Å²) in [5.41, 5.74) is 5.44. The predicted molar refractivity (Wildman–Crippen MR) is 88.8 cm³/mol. The fraction of sp³-hybridized carbons (Fsp3) is 0. The number of rotatable bonds is 0. The van der Waals surface area contributed by atoms with Crippen LogP contribution >= 0.6 is 74.3 Å². The number of thiocarbonyl (C=S) groups is 1. The van der Waals surface area contributed by atoms with Crippen molar-refractivity contribution in [3.8, 4) is 0 Å². The molecule has 6 nitrogen and oxygen atoms in total. The van der Waals surface area contributed by atoms with Gasteiger partial charge in [0.25, 0.3) is 0 Å². The summed E-state index contributed by atoms with van der Waals surface area (Å²) in [6, 6.07) is 0. The highest BCUT2D eigenvalue weighted by Gasteiger charge is 2.06. The minimum absolute atomic E-state index is 0.448. The summed E-state index contributed by atoms with van der Waals surface area (Å²) in [6.07, 6.45) is 1.69. The normalized spacial score (nSPS) is 14.8. The van der Waals surface area contributed by atoms with Crippen LogP contribution in [-0.2, 0) is 0 Å². The summed E-state index contributed by atoms with van der Waals surface area (Å²) in [5.74, 6) is 0. The molecule has 0 saturated heterocycles. The van der Waals surface area contributed by atoms with Gasteiger partial charge in [0.1, 0.15) is 4.99 Å². The number of thiol groups is 2. The van der Waals surface area contributed by atoms with Crippen LogP contribution in [0.3, 0.4) is 0 Å². The predicted octanol–water partition coefficient (Wildman–Crippen LogP) is 2.11. The largest absolute Gasteiger partial charge is 0.309 e. The molecule has 2 heterocycles. The third-order valence-corrected chi connectivity index (χ3v) is 2.64. The van der Waals surface area contributed by atoms with Crippen molar-refractivity contribution in [1.82, 2.24) is 30.3 Å². The van der Waals surface area contributed by atoms with Crippen LogP contribution in [0, 0.1) is 14.3 Å². The van der Waals surface area contributed by atoms with E-state index in [1.54, 1.807) is 6.08 Å². The average molecular weight is 357 g/mol. The molecule has 0 spiro atoms. The third-order valence-electron chi connectivity index (χ3n) is 1.39. The van der Waals surface area contributed by atoms with Crippen LogP contribution in [0.2, 0.25) is 0 Å². The standard InChI is InChI=1S/C3H3N3S3.C3H5N3S3/c7-1-4-2(8)6-3(9)5-1;7-2-1-3(8)5-6(9)4-2/h(H3,4,5,6,7,8,9);1,4,7,9H,(H,5,8). The Morgan fingerprint density at radius 3 is 1.67 bits per heavy atom. The molecule has 18 heavy (non-hydrogen) atoms. The van der Waals surface area contributed by atoms with Gasteiger partial charge in [-0.25, -0.2) is 0 Å². The lowest BCUT2D eigenvalue weighted by Gasteiger charge is -2.22. The lowest BCUT2D eigenvalue weighted by Crippen LogP contribution is -2.45. The zero-order valence-electron chi connectivity index (χ0n) is 8.55. The van der Waals surface area contributed by atoms with Crippen molar-refractivity contribution in [2.75, 3.05) is 0 Å². The maximum atomic E-state index is 4.79. The van der Waals surface area contributed by atoms with E-state index in [1.807, 2.05) is 0 Å². The molecule has 0 amide bonds. The number of aromatic nitrogens is 3. The Labute approximate surface area is 134 Å². The second-order valence-corrected chi connectivity index (χ2v) is 5.34. The molecule has 98 valence electrons. The molecular formula is C6H8N6S6. The van der Waals surface area contributed by atoms with Crippen molar-refractivity contribution in [2.24, 2.45) is 0 Å². The van der Waals surface area contributed by atoms with Gasteiger partial charge in [0.2, 0.25) is 0 Å². The average Bonchev–Trinajstić information content (AvgIpc) is 2.12. The topological polar surface area (TPSA) is 74.7 Å². The van der Waals surface area contributed by atoms with Gasteiger partial charge in [-0.2, -0.15) is 0 Å². The highest BCUT2D eigenvalue weighted by atomic mass is 32.1. The van der Waals surface area contributed by atoms with Crippen LogP contribution in [0.1, 0.15) is 0 Å². The van der Waals surface area contributed by atoms with Gasteiger partial charge in [-0.15, -0.1) is 12.6 Å². The first kappa shape index (κ1) is 15.8. The number of H-pyrrole nitrogens is 3. The van der Waals surface area contributed by atoms with Crippen molar-refractivity contribution in [3.63, 3.8) is 0 Å². The van der Waals surface area contributed by atoms with Gasteiger partial charge in [-0.3, -0.25) is 10.9 Å². The Hall–Kier alpha value is -0.240. The van der Waals surface area contributed by atoms with Crippen molar-refractivity contribution in [1.29, 1.82) is 0 Å². The molecule has 0 aromatic carbocycles. The first-order valence-corrected chi connectivity index (χ1v) is 6.74. The van der Waals surface area contributed by atoms with Crippen molar-refractivity contribution < 1.29 is 0 Å². The highest BCUT2D eigenvalue weighted by molar-refractivity contribution is 7.85. The molecule has 1 aliphatic rings. The number of hydrogen-bond donors (Lipinski definition) is 7. The molecular weight excluding hydrogens is 349 g/mol. The van der Waals surface area contributed by atoms with E-state index in [0.29, 0.717) is 24.3 Å². The molecule has 0 fully saturated rings. The summed E-state index contributed by atoms with van der Waals surface area (Å²) in [4.78, 5) is 8.58. The van der Waals surface area contributed by atoms with E-state index in [-0.39, 0.29) is 0 Å². The molecule has 1 aromatic heterocycles. The first-order chi connectivity index (χ1) is 8.36. The summed E-state index contributed by atoms with van der Waals surface area (Å²) in [6.45, 7) is 0. The van der Waals surface area contributed by atoms with Crippen LogP contribution < -0.4 is 10.9 Å². The second kappa shape index (κ2) is 7.37. The fourth-order valence-electron chi connectivity index (χ4n) is 0.833. The van der Waals surface area contributed by atoms with Gasteiger partial charge in [0.05, 0.1) is 5.03 Å². The molecule has 2 rings (SSSR count). The minimum atomic E-state index is 0.448. The first-order valence-electron chi connectivity index (χ1n) is 4.26. The van der Waals surface area contributed by atoms with E-state index in [9.17, 15) is 0 Å². The molecule has 0 atom stereocenters. The lowest BCUT2D eigenvalue weighted by molar-refractivity contribution is 0.364. The van der Waals surface area contributed by atoms with Crippen molar-refractivity contribution in [3.05, 3.63) is 25.4 Å². The Kier molecular flexibility index (Phi) is 6.48. The number of nitrogens with zero attached hydrogens (tertiary/aromatic N) is 1. The Balaban J connectivity index is 0.000000180. The van der Waals surface area contributed by atoms with Crippen molar-refractivity contribution in [2.45, 2.75) is 0 Å². The summed E-state index contributed by atoms with van der Waals surface area (Å²) >= 11 is 26.9. The van der Waals surface area contributed by atoms with Gasteiger partial charge >= 0.3 is 0 Å². The Morgan fingerprint density at radius 2 is 1.33 bits per heavy atom. The lowest BCUT2D eigenvalue weighted by atomic mass is 10.6. The van der Waals surface area contributed by atoms with Gasteiger partial charge in [-0.1, -0.05) is 29.6 Å². The smallest absolute Gasteiger partial charge is 0.178 e. The van der Waals surface area contributed by atoms with E-state index in [1.165, 1.54) is 4.52 Å². The maximum Gasteiger partial charge on any atom is 0.178 e. The Morgan fingerprint density at radius 1 is 0.889 bits per heavy atom. The molecule has 0 unspecified atom stereocenters. The van der Waals surface area contributed by atoms with E-state index < -0.39 is 0 Å². The summed E-state index contributed by atoms with van der Waals surface area (Å²) in [5, 5.41) is 0.675. The molecule has 0 aliphatic carbocycles. The fourth-order valence-corrected chi connectivity index (χ4v) is 2.53. The van der Waals surface area contributed by atoms with Crippen LogP contribution in [-0.4, -0.2) is 24.5 Å². The van der Waals surface area contributed by atoms with E-state index >= 15 is 0 Å². The van der Waals surface area contributed by atoms with Crippen LogP contribution in [0.4, 0.5) is 0 Å². The van der Waals surface area contributed by atoms with Crippen LogP contribution in [0.5, 0.6) is 0 Å². The molecule has 12 heteroatoms. The van der Waals surface area contributed by atoms with Gasteiger partial charge in [-0.05, 0) is 36.7 Å². The Bertz CT molecular complexity index is 546. The SMILES string of the molecule is S=C1C=C(S)NN(S)N1.S=c1[nH]c(=S)[nH]c(=S)[nH]1. The van der Waals surface area contributed by atoms with Crippen LogP contribution in [0.15, 0.2) is 11.1 Å². The quantitative estimate of drug-likeness (QED) is 0.284. The number of aromatic amines is 3. The monoisotopic (exact) mass is 356 g/mol. The summed E-state index contributed by atoms with van der Waals surface area (Å²) < 4.78 is 2.68. The molecule has 0 saturated carbocycles. The van der Waals surface area contributed by atoms with E-state index in [0.717, 1.165) is 0 Å². The van der Waals surface area contributed by atoms with Gasteiger partial charge in [0, 0.05) is 6.08 Å². The van der Waals surface area contributed by atoms with Crippen molar-refractivity contribution >= 4 is 79.3 Å². The van der Waals surface area contributed by atoms with Gasteiger partial charge in [0.15, 0.2) is 14.3 Å². The minimum Gasteiger partial charge on any atom is -0.309 e. The zero-order chi connectivity index (χ0) is 13.7. The summed E-state index contributed by atoms with van der Waals surface area (Å²) in [7, 11) is 0.